The van der Waals surface area contributed by atoms with Crippen molar-refractivity contribution in [1.29, 1.82) is 0 Å². The number of carbonyl (C=O) groups excluding carboxylic acids is 1. The zero-order chi connectivity index (χ0) is 20.8. The van der Waals surface area contributed by atoms with Gasteiger partial charge in [-0.05, 0) is 43.0 Å². The molecule has 0 atom stereocenters. The van der Waals surface area contributed by atoms with E-state index in [1.807, 2.05) is 18.2 Å². The molecule has 0 unspecified atom stereocenters. The summed E-state index contributed by atoms with van der Waals surface area (Å²) >= 11 is 0. The van der Waals surface area contributed by atoms with Gasteiger partial charge in [0, 0.05) is 25.2 Å². The van der Waals surface area contributed by atoms with E-state index in [-0.39, 0.29) is 5.91 Å². The van der Waals surface area contributed by atoms with Crippen molar-refractivity contribution in [3.63, 3.8) is 0 Å². The van der Waals surface area contributed by atoms with Gasteiger partial charge in [0.15, 0.2) is 0 Å². The molecule has 0 N–H and O–H groups in total. The van der Waals surface area contributed by atoms with Crippen LogP contribution >= 0.6 is 0 Å². The highest BCUT2D eigenvalue weighted by Crippen LogP contribution is 2.27. The van der Waals surface area contributed by atoms with Crippen molar-refractivity contribution < 1.29 is 14.3 Å². The Morgan fingerprint density at radius 3 is 2.63 bits per heavy atom. The zero-order valence-corrected chi connectivity index (χ0v) is 17.5. The maximum Gasteiger partial charge on any atom is 0.304 e. The molecule has 0 bridgehead atoms. The monoisotopic (exact) mass is 407 g/mol. The van der Waals surface area contributed by atoms with E-state index < -0.39 is 0 Å². The Morgan fingerprint density at radius 1 is 1.07 bits per heavy atom. The topological polar surface area (TPSA) is 56.6 Å². The Labute approximate surface area is 177 Å². The van der Waals surface area contributed by atoms with Crippen LogP contribution < -0.4 is 9.64 Å². The van der Waals surface area contributed by atoms with Crippen LogP contribution in [-0.4, -0.2) is 48.9 Å². The molecular weight excluding hydrogens is 378 g/mol. The number of hydrogen-bond donors (Lipinski definition) is 0. The highest BCUT2D eigenvalue weighted by Gasteiger charge is 2.19. The second-order valence-electron chi connectivity index (χ2n) is 7.65. The minimum absolute atomic E-state index is 0.0354. The molecule has 0 spiro atoms. The highest BCUT2D eigenvalue weighted by molar-refractivity contribution is 5.93. The summed E-state index contributed by atoms with van der Waals surface area (Å²) in [6, 6.07) is 16.9. The summed E-state index contributed by atoms with van der Waals surface area (Å²) in [5.41, 5.74) is 4.03. The number of rotatable bonds is 8. The molecule has 1 fully saturated rings. The van der Waals surface area contributed by atoms with Gasteiger partial charge >= 0.3 is 6.01 Å². The third kappa shape index (κ3) is 4.65. The molecule has 6 heteroatoms. The minimum Gasteiger partial charge on any atom is -0.468 e. The number of morpholine rings is 1. The molecule has 6 nitrogen and oxygen atoms in total. The highest BCUT2D eigenvalue weighted by atomic mass is 16.5. The number of hydrogen-bond acceptors (Lipinski definition) is 5. The van der Waals surface area contributed by atoms with Crippen LogP contribution in [0.1, 0.15) is 36.0 Å². The quantitative estimate of drug-likeness (QED) is 0.521. The number of benzene rings is 2. The summed E-state index contributed by atoms with van der Waals surface area (Å²) in [6.07, 6.45) is 4.50. The second-order valence-corrected chi connectivity index (χ2v) is 7.65. The standard InChI is InChI=1S/C24H29N3O3/c1-29-24-25-21-13-12-20(26-14-16-30-17-15-26)18-22(21)27(24)23(28)11-7-3-6-10-19-8-4-2-5-9-19/h2,4-5,8-9,12-13,18H,3,6-7,10-11,14-17H2,1H3. The van der Waals surface area contributed by atoms with Crippen molar-refractivity contribution in [3.8, 4) is 6.01 Å². The van der Waals surface area contributed by atoms with Gasteiger partial charge in [-0.1, -0.05) is 36.8 Å². The normalized spacial score (nSPS) is 14.2. The van der Waals surface area contributed by atoms with E-state index in [9.17, 15) is 4.79 Å². The van der Waals surface area contributed by atoms with E-state index in [1.54, 1.807) is 11.7 Å². The third-order valence-electron chi connectivity index (χ3n) is 5.61. The zero-order valence-electron chi connectivity index (χ0n) is 17.5. The van der Waals surface area contributed by atoms with E-state index in [4.69, 9.17) is 9.47 Å². The number of carbonyl (C=O) groups is 1. The van der Waals surface area contributed by atoms with Crippen molar-refractivity contribution in [3.05, 3.63) is 54.1 Å². The van der Waals surface area contributed by atoms with Crippen LogP contribution in [0.4, 0.5) is 5.69 Å². The van der Waals surface area contributed by atoms with Crippen molar-refractivity contribution >= 4 is 22.6 Å². The number of nitrogens with zero attached hydrogens (tertiary/aromatic N) is 3. The molecule has 3 aromatic rings. The number of fused-ring (bicyclic) bond motifs is 1. The fraction of sp³-hybridized carbons (Fsp3) is 0.417. The summed E-state index contributed by atoms with van der Waals surface area (Å²) in [5, 5.41) is 0. The first-order valence-electron chi connectivity index (χ1n) is 10.7. The van der Waals surface area contributed by atoms with Gasteiger partial charge in [0.25, 0.3) is 0 Å². The summed E-state index contributed by atoms with van der Waals surface area (Å²) in [7, 11) is 1.56. The van der Waals surface area contributed by atoms with Crippen LogP contribution in [0.25, 0.3) is 11.0 Å². The van der Waals surface area contributed by atoms with Crippen molar-refractivity contribution in [2.75, 3.05) is 38.3 Å². The van der Waals surface area contributed by atoms with Gasteiger partial charge in [0.05, 0.1) is 31.4 Å². The third-order valence-corrected chi connectivity index (χ3v) is 5.61. The Kier molecular flexibility index (Phi) is 6.64. The summed E-state index contributed by atoms with van der Waals surface area (Å²) in [6.45, 7) is 3.16. The van der Waals surface area contributed by atoms with E-state index in [0.717, 1.165) is 68.7 Å². The molecule has 2 heterocycles. The fourth-order valence-corrected chi connectivity index (χ4v) is 3.98. The lowest BCUT2D eigenvalue weighted by atomic mass is 10.1. The maximum atomic E-state index is 13.0. The van der Waals surface area contributed by atoms with Crippen molar-refractivity contribution in [1.82, 2.24) is 9.55 Å². The number of imidazole rings is 1. The number of aryl methyl sites for hydroxylation is 1. The lowest BCUT2D eigenvalue weighted by Crippen LogP contribution is -2.36. The van der Waals surface area contributed by atoms with Crippen molar-refractivity contribution in [2.24, 2.45) is 0 Å². The molecule has 0 saturated carbocycles. The Hall–Kier alpha value is -2.86. The molecule has 2 aromatic carbocycles. The minimum atomic E-state index is 0.0354. The number of anilines is 1. The molecule has 0 amide bonds. The summed E-state index contributed by atoms with van der Waals surface area (Å²) < 4.78 is 12.5. The second kappa shape index (κ2) is 9.76. The number of methoxy groups -OCH3 is 1. The molecule has 1 aliphatic rings. The Balaban J connectivity index is 1.42. The first-order valence-corrected chi connectivity index (χ1v) is 10.7. The lowest BCUT2D eigenvalue weighted by Gasteiger charge is -2.28. The number of unbranched alkanes of at least 4 members (excludes halogenated alkanes) is 2. The molecule has 4 rings (SSSR count). The smallest absolute Gasteiger partial charge is 0.304 e. The first-order chi connectivity index (χ1) is 14.8. The molecule has 1 aromatic heterocycles. The SMILES string of the molecule is COc1nc2ccc(N3CCOCC3)cc2n1C(=O)CCCCCc1ccccc1. The van der Waals surface area contributed by atoms with Gasteiger partial charge in [-0.3, -0.25) is 4.79 Å². The predicted octanol–water partition coefficient (Wildman–Crippen LogP) is 4.32. The van der Waals surface area contributed by atoms with Crippen LogP contribution in [0.15, 0.2) is 48.5 Å². The van der Waals surface area contributed by atoms with Crippen LogP contribution in [0, 0.1) is 0 Å². The van der Waals surface area contributed by atoms with E-state index in [0.29, 0.717) is 12.4 Å². The predicted molar refractivity (Wildman–Crippen MR) is 119 cm³/mol. The van der Waals surface area contributed by atoms with Crippen LogP contribution in [0.2, 0.25) is 0 Å². The average molecular weight is 408 g/mol. The van der Waals surface area contributed by atoms with Crippen LogP contribution in [0.3, 0.4) is 0 Å². The molecule has 30 heavy (non-hydrogen) atoms. The molecule has 0 radical (unpaired) electrons. The van der Waals surface area contributed by atoms with E-state index in [1.165, 1.54) is 5.56 Å². The molecule has 1 saturated heterocycles. The largest absolute Gasteiger partial charge is 0.468 e. The summed E-state index contributed by atoms with van der Waals surface area (Å²) in [5.74, 6) is 0.0354. The van der Waals surface area contributed by atoms with Crippen molar-refractivity contribution in [2.45, 2.75) is 32.1 Å². The molecule has 1 aliphatic heterocycles. The fourth-order valence-electron chi connectivity index (χ4n) is 3.98. The molecule has 0 aliphatic carbocycles. The van der Waals surface area contributed by atoms with Gasteiger partial charge in [-0.25, -0.2) is 4.57 Å². The summed E-state index contributed by atoms with van der Waals surface area (Å²) in [4.78, 5) is 19.8. The van der Waals surface area contributed by atoms with Gasteiger partial charge < -0.3 is 14.4 Å². The maximum absolute atomic E-state index is 13.0. The molecular formula is C24H29N3O3. The van der Waals surface area contributed by atoms with Crippen LogP contribution in [0.5, 0.6) is 6.01 Å². The Morgan fingerprint density at radius 2 is 1.87 bits per heavy atom. The van der Waals surface area contributed by atoms with E-state index in [2.05, 4.69) is 40.2 Å². The van der Waals surface area contributed by atoms with E-state index >= 15 is 0 Å². The number of aromatic nitrogens is 2. The Bertz CT molecular complexity index is 978. The van der Waals surface area contributed by atoms with Crippen LogP contribution in [-0.2, 0) is 11.2 Å². The lowest BCUT2D eigenvalue weighted by molar-refractivity contribution is 0.0893. The van der Waals surface area contributed by atoms with Gasteiger partial charge in [0.2, 0.25) is 5.91 Å². The average Bonchev–Trinajstić information content (AvgIpc) is 3.18. The first kappa shape index (κ1) is 20.4. The molecule has 158 valence electrons. The van der Waals surface area contributed by atoms with Gasteiger partial charge in [-0.2, -0.15) is 4.98 Å². The van der Waals surface area contributed by atoms with Gasteiger partial charge in [0.1, 0.15) is 0 Å². The van der Waals surface area contributed by atoms with Gasteiger partial charge in [-0.15, -0.1) is 0 Å². The number of ether oxygens (including phenoxy) is 2.